The number of nitrogens with zero attached hydrogens (tertiary/aromatic N) is 2. The fraction of sp³-hybridized carbons (Fsp3) is 0.429. The first-order valence-corrected chi connectivity index (χ1v) is 11.4. The predicted octanol–water partition coefficient (Wildman–Crippen LogP) is 2.13. The van der Waals surface area contributed by atoms with Gasteiger partial charge in [-0.1, -0.05) is 6.07 Å². The van der Waals surface area contributed by atoms with Gasteiger partial charge in [-0.3, -0.25) is 4.90 Å². The summed E-state index contributed by atoms with van der Waals surface area (Å²) in [5, 5.41) is 0. The second-order valence-electron chi connectivity index (χ2n) is 7.73. The van der Waals surface area contributed by atoms with E-state index in [4.69, 9.17) is 9.47 Å². The number of nitrogens with one attached hydrogen (secondary N) is 1. The lowest BCUT2D eigenvalue weighted by Crippen LogP contribution is -2.48. The highest BCUT2D eigenvalue weighted by atomic mass is 32.2. The standard InChI is InChI=1S/C21H26FN3O4S/c1-15-11-17(22)4-6-21(15)30(26,27)23-13-18(25-9-7-24(2)8-10-25)16-3-5-19-20(12-16)29-14-28-19/h3-6,11-12,18,23H,7-10,13-14H2,1-2H3. The van der Waals surface area contributed by atoms with Crippen molar-refractivity contribution in [3.63, 3.8) is 0 Å². The summed E-state index contributed by atoms with van der Waals surface area (Å²) in [6.07, 6.45) is 0. The molecule has 2 heterocycles. The first-order valence-electron chi connectivity index (χ1n) is 9.91. The van der Waals surface area contributed by atoms with Crippen LogP contribution in [0.2, 0.25) is 0 Å². The number of ether oxygens (including phenoxy) is 2. The zero-order valence-corrected chi connectivity index (χ0v) is 17.9. The predicted molar refractivity (Wildman–Crippen MR) is 111 cm³/mol. The van der Waals surface area contributed by atoms with Crippen molar-refractivity contribution in [2.75, 3.05) is 46.6 Å². The van der Waals surface area contributed by atoms with E-state index < -0.39 is 15.8 Å². The number of benzene rings is 2. The first kappa shape index (κ1) is 21.0. The van der Waals surface area contributed by atoms with Gasteiger partial charge in [-0.25, -0.2) is 17.5 Å². The summed E-state index contributed by atoms with van der Waals surface area (Å²) in [6, 6.07) is 9.26. The quantitative estimate of drug-likeness (QED) is 0.750. The summed E-state index contributed by atoms with van der Waals surface area (Å²) >= 11 is 0. The highest BCUT2D eigenvalue weighted by Gasteiger charge is 2.28. The normalized spacial score (nSPS) is 18.5. The van der Waals surface area contributed by atoms with Crippen LogP contribution in [0.15, 0.2) is 41.3 Å². The molecular formula is C21H26FN3O4S. The summed E-state index contributed by atoms with van der Waals surface area (Å²) in [6.45, 7) is 5.44. The Morgan fingerprint density at radius 1 is 1.07 bits per heavy atom. The molecule has 0 saturated carbocycles. The number of hydrogen-bond donors (Lipinski definition) is 1. The molecule has 4 rings (SSSR count). The van der Waals surface area contributed by atoms with Crippen molar-refractivity contribution in [1.29, 1.82) is 0 Å². The molecule has 2 aliphatic rings. The minimum absolute atomic E-state index is 0.0896. The fourth-order valence-corrected chi connectivity index (χ4v) is 5.16. The summed E-state index contributed by atoms with van der Waals surface area (Å²) in [5.41, 5.74) is 1.34. The van der Waals surface area contributed by atoms with Gasteiger partial charge in [-0.15, -0.1) is 0 Å². The molecule has 30 heavy (non-hydrogen) atoms. The Morgan fingerprint density at radius 3 is 2.53 bits per heavy atom. The first-order chi connectivity index (χ1) is 14.3. The molecule has 0 aromatic heterocycles. The molecule has 0 spiro atoms. The SMILES string of the molecule is Cc1cc(F)ccc1S(=O)(=O)NCC(c1ccc2c(c1)OCO2)N1CCN(C)CC1. The van der Waals surface area contributed by atoms with E-state index >= 15 is 0 Å². The maximum absolute atomic E-state index is 13.4. The monoisotopic (exact) mass is 435 g/mol. The van der Waals surface area contributed by atoms with Crippen LogP contribution in [0.5, 0.6) is 11.5 Å². The van der Waals surface area contributed by atoms with Crippen molar-refractivity contribution in [1.82, 2.24) is 14.5 Å². The van der Waals surface area contributed by atoms with E-state index in [2.05, 4.69) is 21.6 Å². The van der Waals surface area contributed by atoms with E-state index in [9.17, 15) is 12.8 Å². The smallest absolute Gasteiger partial charge is 0.240 e. The highest BCUT2D eigenvalue weighted by Crippen LogP contribution is 2.35. The molecule has 2 aromatic carbocycles. The number of rotatable bonds is 6. The van der Waals surface area contributed by atoms with Crippen molar-refractivity contribution < 1.29 is 22.3 Å². The fourth-order valence-electron chi connectivity index (χ4n) is 3.89. The number of sulfonamides is 1. The molecule has 0 bridgehead atoms. The molecule has 1 atom stereocenters. The molecule has 1 saturated heterocycles. The van der Waals surface area contributed by atoms with Gasteiger partial charge in [0.2, 0.25) is 16.8 Å². The van der Waals surface area contributed by atoms with Crippen LogP contribution in [0.1, 0.15) is 17.2 Å². The molecule has 7 nitrogen and oxygen atoms in total. The summed E-state index contributed by atoms with van der Waals surface area (Å²) in [7, 11) is -1.71. The van der Waals surface area contributed by atoms with Crippen LogP contribution in [0, 0.1) is 12.7 Å². The van der Waals surface area contributed by atoms with Gasteiger partial charge in [0.1, 0.15) is 5.82 Å². The third kappa shape index (κ3) is 4.44. The molecule has 0 radical (unpaired) electrons. The minimum atomic E-state index is -3.78. The largest absolute Gasteiger partial charge is 0.454 e. The Kier molecular flexibility index (Phi) is 5.97. The molecule has 9 heteroatoms. The van der Waals surface area contributed by atoms with Crippen LogP contribution < -0.4 is 14.2 Å². The highest BCUT2D eigenvalue weighted by molar-refractivity contribution is 7.89. The Bertz CT molecular complexity index is 1020. The molecule has 2 aromatic rings. The average molecular weight is 436 g/mol. The van der Waals surface area contributed by atoms with Crippen LogP contribution in [-0.4, -0.2) is 64.8 Å². The molecule has 162 valence electrons. The van der Waals surface area contributed by atoms with E-state index in [1.165, 1.54) is 12.1 Å². The van der Waals surface area contributed by atoms with Gasteiger partial charge in [0, 0.05) is 38.8 Å². The number of hydrogen-bond acceptors (Lipinski definition) is 6. The van der Waals surface area contributed by atoms with Crippen molar-refractivity contribution in [3.05, 3.63) is 53.3 Å². The number of aryl methyl sites for hydroxylation is 1. The maximum Gasteiger partial charge on any atom is 0.240 e. The number of piperazine rings is 1. The van der Waals surface area contributed by atoms with Crippen molar-refractivity contribution in [2.24, 2.45) is 0 Å². The Labute approximate surface area is 176 Å². The zero-order chi connectivity index (χ0) is 21.3. The van der Waals surface area contributed by atoms with Gasteiger partial charge in [-0.2, -0.15) is 0 Å². The number of fused-ring (bicyclic) bond motifs is 1. The lowest BCUT2D eigenvalue weighted by molar-refractivity contribution is 0.112. The van der Waals surface area contributed by atoms with Crippen LogP contribution in [0.4, 0.5) is 4.39 Å². The van der Waals surface area contributed by atoms with Gasteiger partial charge in [0.15, 0.2) is 11.5 Å². The Hall–Kier alpha value is -2.20. The van der Waals surface area contributed by atoms with E-state index in [1.807, 2.05) is 18.2 Å². The van der Waals surface area contributed by atoms with Gasteiger partial charge in [0.05, 0.1) is 4.90 Å². The summed E-state index contributed by atoms with van der Waals surface area (Å²) in [4.78, 5) is 4.61. The van der Waals surface area contributed by atoms with Crippen molar-refractivity contribution >= 4 is 10.0 Å². The average Bonchev–Trinajstić information content (AvgIpc) is 3.17. The molecule has 0 aliphatic carbocycles. The molecule has 1 fully saturated rings. The Morgan fingerprint density at radius 2 is 1.80 bits per heavy atom. The lowest BCUT2D eigenvalue weighted by Gasteiger charge is -2.38. The summed E-state index contributed by atoms with van der Waals surface area (Å²) in [5.74, 6) is 0.907. The van der Waals surface area contributed by atoms with Crippen LogP contribution >= 0.6 is 0 Å². The van der Waals surface area contributed by atoms with Gasteiger partial charge in [-0.05, 0) is 55.4 Å². The van der Waals surface area contributed by atoms with Gasteiger partial charge in [0.25, 0.3) is 0 Å². The van der Waals surface area contributed by atoms with Crippen LogP contribution in [0.25, 0.3) is 0 Å². The number of halogens is 1. The molecular weight excluding hydrogens is 409 g/mol. The van der Waals surface area contributed by atoms with Gasteiger partial charge < -0.3 is 14.4 Å². The second-order valence-corrected chi connectivity index (χ2v) is 9.46. The third-order valence-electron chi connectivity index (χ3n) is 5.65. The number of likely N-dealkylation sites (N-methyl/N-ethyl adjacent to an activating group) is 1. The van der Waals surface area contributed by atoms with Crippen LogP contribution in [0.3, 0.4) is 0 Å². The van der Waals surface area contributed by atoms with E-state index in [1.54, 1.807) is 6.92 Å². The zero-order valence-electron chi connectivity index (χ0n) is 17.1. The van der Waals surface area contributed by atoms with E-state index in [0.717, 1.165) is 37.8 Å². The molecule has 2 aliphatic heterocycles. The Balaban J connectivity index is 1.58. The molecule has 1 unspecified atom stereocenters. The van der Waals surface area contributed by atoms with E-state index in [0.29, 0.717) is 17.1 Å². The second kappa shape index (κ2) is 8.50. The van der Waals surface area contributed by atoms with Gasteiger partial charge >= 0.3 is 0 Å². The third-order valence-corrected chi connectivity index (χ3v) is 7.24. The topological polar surface area (TPSA) is 71.1 Å². The van der Waals surface area contributed by atoms with Crippen molar-refractivity contribution in [2.45, 2.75) is 17.9 Å². The lowest BCUT2D eigenvalue weighted by atomic mass is 10.0. The van der Waals surface area contributed by atoms with Crippen molar-refractivity contribution in [3.8, 4) is 11.5 Å². The van der Waals surface area contributed by atoms with Crippen LogP contribution in [-0.2, 0) is 10.0 Å². The van der Waals surface area contributed by atoms with E-state index in [-0.39, 0.29) is 24.3 Å². The summed E-state index contributed by atoms with van der Waals surface area (Å²) < 4.78 is 52.9. The molecule has 1 N–H and O–H groups in total. The minimum Gasteiger partial charge on any atom is -0.454 e. The maximum atomic E-state index is 13.4. The molecule has 0 amide bonds.